The molecule has 0 radical (unpaired) electrons. The van der Waals surface area contributed by atoms with Crippen molar-refractivity contribution in [3.8, 4) is 10.4 Å². The molecule has 2 amide bonds. The van der Waals surface area contributed by atoms with Crippen molar-refractivity contribution in [2.45, 2.75) is 64.8 Å². The predicted molar refractivity (Wildman–Crippen MR) is 116 cm³/mol. The molecule has 1 saturated heterocycles. The van der Waals surface area contributed by atoms with Gasteiger partial charge in [-0.05, 0) is 45.7 Å². The maximum Gasteiger partial charge on any atom is 0.411 e. The van der Waals surface area contributed by atoms with E-state index in [0.29, 0.717) is 0 Å². The third-order valence-electron chi connectivity index (χ3n) is 4.99. The van der Waals surface area contributed by atoms with Gasteiger partial charge in [0.25, 0.3) is 0 Å². The van der Waals surface area contributed by atoms with Gasteiger partial charge >= 0.3 is 6.09 Å². The maximum absolute atomic E-state index is 12.9. The summed E-state index contributed by atoms with van der Waals surface area (Å²) in [6, 6.07) is 7.00. The second-order valence-electron chi connectivity index (χ2n) is 8.66. The monoisotopic (exact) mass is 431 g/mol. The first-order valence-corrected chi connectivity index (χ1v) is 10.9. The molecule has 162 valence electrons. The Labute approximate surface area is 181 Å². The van der Waals surface area contributed by atoms with Crippen LogP contribution in [-0.4, -0.2) is 51.3 Å². The summed E-state index contributed by atoms with van der Waals surface area (Å²) in [7, 11) is 0. The van der Waals surface area contributed by atoms with Gasteiger partial charge < -0.3 is 15.2 Å². The highest BCUT2D eigenvalue weighted by molar-refractivity contribution is 7.13. The first-order valence-electron chi connectivity index (χ1n) is 10.0. The fourth-order valence-corrected chi connectivity index (χ4v) is 4.29. The van der Waals surface area contributed by atoms with Gasteiger partial charge in [0.2, 0.25) is 5.91 Å². The lowest BCUT2D eigenvalue weighted by atomic mass is 10.0. The maximum atomic E-state index is 12.9. The van der Waals surface area contributed by atoms with Gasteiger partial charge in [0.05, 0.1) is 34.8 Å². The number of carbonyl (C=O) groups is 2. The molecule has 3 rings (SSSR count). The van der Waals surface area contributed by atoms with Crippen molar-refractivity contribution in [3.63, 3.8) is 0 Å². The van der Waals surface area contributed by atoms with Gasteiger partial charge in [-0.15, -0.1) is 11.3 Å². The van der Waals surface area contributed by atoms with Gasteiger partial charge in [-0.2, -0.15) is 0 Å². The average molecular weight is 432 g/mol. The molecule has 2 N–H and O–H groups in total. The summed E-state index contributed by atoms with van der Waals surface area (Å²) in [5.41, 5.74) is 4.20. The lowest BCUT2D eigenvalue weighted by Crippen LogP contribution is -2.48. The number of likely N-dealkylation sites (tertiary alicyclic amines) is 1. The third kappa shape index (κ3) is 5.17. The highest BCUT2D eigenvalue weighted by Crippen LogP contribution is 2.28. The molecule has 1 unspecified atom stereocenters. The number of rotatable bonds is 4. The number of nitrogens with one attached hydrogen (secondary N) is 1. The minimum atomic E-state index is -0.753. The van der Waals surface area contributed by atoms with E-state index in [1.807, 2.05) is 43.6 Å². The van der Waals surface area contributed by atoms with Gasteiger partial charge in [-0.25, -0.2) is 9.78 Å². The zero-order chi connectivity index (χ0) is 22.1. The Balaban J connectivity index is 1.66. The Hall–Kier alpha value is -2.45. The van der Waals surface area contributed by atoms with Crippen LogP contribution in [0.4, 0.5) is 4.79 Å². The molecule has 1 fully saturated rings. The van der Waals surface area contributed by atoms with Crippen molar-refractivity contribution in [2.24, 2.45) is 0 Å². The Morgan fingerprint density at radius 2 is 1.97 bits per heavy atom. The van der Waals surface area contributed by atoms with Gasteiger partial charge in [-0.1, -0.05) is 24.3 Å². The van der Waals surface area contributed by atoms with Crippen LogP contribution >= 0.6 is 11.3 Å². The summed E-state index contributed by atoms with van der Waals surface area (Å²) in [4.78, 5) is 32.1. The number of β-amino-alcohol motifs (C(OH)–C–C–N with tert-alkyl or cyclic N) is 1. The van der Waals surface area contributed by atoms with Gasteiger partial charge in [-0.3, -0.25) is 9.69 Å². The van der Waals surface area contributed by atoms with E-state index in [4.69, 9.17) is 4.74 Å². The molecule has 3 atom stereocenters. The van der Waals surface area contributed by atoms with Crippen molar-refractivity contribution < 1.29 is 19.4 Å². The van der Waals surface area contributed by atoms with Crippen LogP contribution in [0.25, 0.3) is 10.4 Å². The number of benzene rings is 1. The van der Waals surface area contributed by atoms with Gasteiger partial charge in [0, 0.05) is 6.42 Å². The molecule has 1 aliphatic heterocycles. The second-order valence-corrected chi connectivity index (χ2v) is 9.51. The normalized spacial score (nSPS) is 20.1. The fraction of sp³-hybridized carbons (Fsp3) is 0.500. The summed E-state index contributed by atoms with van der Waals surface area (Å²) in [5, 5.41) is 13.0. The highest BCUT2D eigenvalue weighted by atomic mass is 32.1. The van der Waals surface area contributed by atoms with Crippen LogP contribution in [0.15, 0.2) is 29.8 Å². The molecule has 1 aromatic carbocycles. The van der Waals surface area contributed by atoms with E-state index in [9.17, 15) is 14.7 Å². The van der Waals surface area contributed by atoms with Crippen LogP contribution in [0.1, 0.15) is 51.4 Å². The van der Waals surface area contributed by atoms with Crippen LogP contribution in [0.3, 0.4) is 0 Å². The molecule has 30 heavy (non-hydrogen) atoms. The van der Waals surface area contributed by atoms with Gasteiger partial charge in [0.15, 0.2) is 0 Å². The standard InChI is InChI=1S/C22H29N3O4S/c1-13(15-6-8-16(9-7-15)19-14(2)23-12-30-19)24-20(27)18-10-17(26)11-25(18)21(28)29-22(3,4)5/h6-9,12-13,17-18,26H,10-11H2,1-5H3,(H,24,27)/t13-,17-,18?/m0/s1. The van der Waals surface area contributed by atoms with E-state index in [1.165, 1.54) is 4.90 Å². The Bertz CT molecular complexity index is 904. The number of aliphatic hydroxyl groups is 1. The molecule has 0 aliphatic carbocycles. The number of aromatic nitrogens is 1. The summed E-state index contributed by atoms with van der Waals surface area (Å²) < 4.78 is 5.39. The van der Waals surface area contributed by atoms with E-state index in [-0.39, 0.29) is 24.9 Å². The van der Waals surface area contributed by atoms with Crippen molar-refractivity contribution in [2.75, 3.05) is 6.54 Å². The minimum Gasteiger partial charge on any atom is -0.444 e. The molecule has 8 heteroatoms. The van der Waals surface area contributed by atoms with E-state index in [2.05, 4.69) is 10.3 Å². The molecule has 1 aliphatic rings. The number of aliphatic hydroxyl groups excluding tert-OH is 1. The number of amides is 2. The molecule has 1 aromatic heterocycles. The van der Waals surface area contributed by atoms with Crippen LogP contribution in [-0.2, 0) is 9.53 Å². The number of aryl methyl sites for hydroxylation is 1. The van der Waals surface area contributed by atoms with E-state index < -0.39 is 23.8 Å². The number of ether oxygens (including phenoxy) is 1. The zero-order valence-electron chi connectivity index (χ0n) is 18.0. The molecular formula is C22H29N3O4S. The van der Waals surface area contributed by atoms with E-state index in [0.717, 1.165) is 21.7 Å². The number of thiazole rings is 1. The molecule has 7 nitrogen and oxygen atoms in total. The second kappa shape index (κ2) is 8.73. The average Bonchev–Trinajstić information content (AvgIpc) is 3.26. The molecule has 0 spiro atoms. The fourth-order valence-electron chi connectivity index (χ4n) is 3.48. The van der Waals surface area contributed by atoms with Crippen LogP contribution in [0.2, 0.25) is 0 Å². The van der Waals surface area contributed by atoms with E-state index in [1.54, 1.807) is 32.1 Å². The summed E-state index contributed by atoms with van der Waals surface area (Å²) >= 11 is 1.60. The molecule has 0 bridgehead atoms. The van der Waals surface area contributed by atoms with Crippen molar-refractivity contribution in [3.05, 3.63) is 41.0 Å². The Morgan fingerprint density at radius 3 is 2.53 bits per heavy atom. The number of carbonyl (C=O) groups excluding carboxylic acids is 2. The predicted octanol–water partition coefficient (Wildman–Crippen LogP) is 3.67. The number of nitrogens with zero attached hydrogens (tertiary/aromatic N) is 2. The molecule has 2 heterocycles. The van der Waals surface area contributed by atoms with Gasteiger partial charge in [0.1, 0.15) is 11.6 Å². The summed E-state index contributed by atoms with van der Waals surface area (Å²) in [6.45, 7) is 9.28. The third-order valence-corrected chi connectivity index (χ3v) is 5.96. The number of hydrogen-bond acceptors (Lipinski definition) is 6. The van der Waals surface area contributed by atoms with Crippen molar-refractivity contribution >= 4 is 23.3 Å². The largest absolute Gasteiger partial charge is 0.444 e. The zero-order valence-corrected chi connectivity index (χ0v) is 18.8. The first kappa shape index (κ1) is 22.2. The molecular weight excluding hydrogens is 402 g/mol. The summed E-state index contributed by atoms with van der Waals surface area (Å²) in [6.07, 6.45) is -1.14. The highest BCUT2D eigenvalue weighted by Gasteiger charge is 2.41. The van der Waals surface area contributed by atoms with E-state index >= 15 is 0 Å². The SMILES string of the molecule is Cc1ncsc1-c1ccc([C@H](C)NC(=O)C2C[C@H](O)CN2C(=O)OC(C)(C)C)cc1. The quantitative estimate of drug-likeness (QED) is 0.771. The van der Waals surface area contributed by atoms with Crippen molar-refractivity contribution in [1.29, 1.82) is 0 Å². The van der Waals surface area contributed by atoms with Crippen LogP contribution in [0, 0.1) is 6.92 Å². The van der Waals surface area contributed by atoms with Crippen molar-refractivity contribution in [1.82, 2.24) is 15.2 Å². The van der Waals surface area contributed by atoms with Crippen LogP contribution < -0.4 is 5.32 Å². The summed E-state index contributed by atoms with van der Waals surface area (Å²) in [5.74, 6) is -0.299. The molecule has 2 aromatic rings. The Morgan fingerprint density at radius 1 is 1.30 bits per heavy atom. The number of hydrogen-bond donors (Lipinski definition) is 2. The van der Waals surface area contributed by atoms with Crippen LogP contribution in [0.5, 0.6) is 0 Å². The lowest BCUT2D eigenvalue weighted by Gasteiger charge is -2.28. The minimum absolute atomic E-state index is 0.0876. The lowest BCUT2D eigenvalue weighted by molar-refractivity contribution is -0.126. The smallest absolute Gasteiger partial charge is 0.411 e. The molecule has 0 saturated carbocycles. The topological polar surface area (TPSA) is 91.8 Å². The first-order chi connectivity index (χ1) is 14.0. The Kier molecular flexibility index (Phi) is 6.47.